The molecule has 22 heavy (non-hydrogen) atoms. The standard InChI is InChI=1S/C14H17F4NO2S/c1-14(2,3)21-13(20)19-5-4-6-22-12-10(17)8(15)7-9(16)11(12)18/h7H,4-6H2,1-3H3,(H,19,20). The van der Waals surface area contributed by atoms with Crippen LogP contribution in [-0.4, -0.2) is 24.0 Å². The van der Waals surface area contributed by atoms with Gasteiger partial charge in [-0.1, -0.05) is 0 Å². The number of ether oxygens (including phenoxy) is 1. The maximum absolute atomic E-state index is 13.4. The van der Waals surface area contributed by atoms with Gasteiger partial charge >= 0.3 is 6.09 Å². The zero-order valence-electron chi connectivity index (χ0n) is 12.4. The molecule has 0 atom stereocenters. The van der Waals surface area contributed by atoms with E-state index in [2.05, 4.69) is 5.32 Å². The third-order valence-corrected chi connectivity index (χ3v) is 3.45. The van der Waals surface area contributed by atoms with Crippen molar-refractivity contribution in [2.24, 2.45) is 0 Å². The van der Waals surface area contributed by atoms with E-state index in [1.807, 2.05) is 0 Å². The molecular formula is C14H17F4NO2S. The minimum Gasteiger partial charge on any atom is -0.444 e. The highest BCUT2D eigenvalue weighted by molar-refractivity contribution is 7.99. The van der Waals surface area contributed by atoms with Crippen LogP contribution < -0.4 is 5.32 Å². The Bertz CT molecular complexity index is 520. The molecule has 0 saturated heterocycles. The van der Waals surface area contributed by atoms with Crippen LogP contribution in [0, 0.1) is 23.3 Å². The number of thioether (sulfide) groups is 1. The van der Waals surface area contributed by atoms with Gasteiger partial charge in [0.1, 0.15) is 5.60 Å². The molecule has 1 rings (SSSR count). The van der Waals surface area contributed by atoms with Crippen LogP contribution in [0.5, 0.6) is 0 Å². The van der Waals surface area contributed by atoms with Crippen molar-refractivity contribution >= 4 is 17.9 Å². The number of amides is 1. The number of halogens is 4. The van der Waals surface area contributed by atoms with Crippen LogP contribution in [0.25, 0.3) is 0 Å². The summed E-state index contributed by atoms with van der Waals surface area (Å²) in [4.78, 5) is 10.6. The molecule has 0 saturated carbocycles. The fourth-order valence-corrected chi connectivity index (χ4v) is 2.37. The highest BCUT2D eigenvalue weighted by atomic mass is 32.2. The van der Waals surface area contributed by atoms with Crippen molar-refractivity contribution in [1.82, 2.24) is 5.32 Å². The fourth-order valence-electron chi connectivity index (χ4n) is 1.43. The molecular weight excluding hydrogens is 322 g/mol. The normalized spacial score (nSPS) is 11.4. The van der Waals surface area contributed by atoms with Crippen molar-refractivity contribution < 1.29 is 27.1 Å². The monoisotopic (exact) mass is 339 g/mol. The maximum Gasteiger partial charge on any atom is 0.407 e. The van der Waals surface area contributed by atoms with Gasteiger partial charge in [0, 0.05) is 12.6 Å². The Morgan fingerprint density at radius 1 is 1.18 bits per heavy atom. The van der Waals surface area contributed by atoms with Gasteiger partial charge in [-0.3, -0.25) is 0 Å². The number of benzene rings is 1. The molecule has 0 aliphatic rings. The number of rotatable bonds is 5. The number of hydrogen-bond donors (Lipinski definition) is 1. The summed E-state index contributed by atoms with van der Waals surface area (Å²) in [6.07, 6.45) is -0.257. The minimum atomic E-state index is -1.44. The summed E-state index contributed by atoms with van der Waals surface area (Å²) < 4.78 is 57.7. The average Bonchev–Trinajstić information content (AvgIpc) is 2.37. The van der Waals surface area contributed by atoms with Crippen molar-refractivity contribution in [3.8, 4) is 0 Å². The lowest BCUT2D eigenvalue weighted by atomic mass is 10.2. The summed E-state index contributed by atoms with van der Waals surface area (Å²) in [6, 6.07) is 0.165. The molecule has 0 heterocycles. The predicted molar refractivity (Wildman–Crippen MR) is 75.9 cm³/mol. The van der Waals surface area contributed by atoms with Crippen molar-refractivity contribution in [2.45, 2.75) is 37.7 Å². The molecule has 0 spiro atoms. The Morgan fingerprint density at radius 2 is 1.73 bits per heavy atom. The van der Waals surface area contributed by atoms with E-state index in [4.69, 9.17) is 4.74 Å². The Morgan fingerprint density at radius 3 is 2.23 bits per heavy atom. The van der Waals surface area contributed by atoms with Crippen LogP contribution in [0.15, 0.2) is 11.0 Å². The van der Waals surface area contributed by atoms with Crippen molar-refractivity contribution in [3.63, 3.8) is 0 Å². The molecule has 0 fully saturated rings. The van der Waals surface area contributed by atoms with E-state index >= 15 is 0 Å². The van der Waals surface area contributed by atoms with Gasteiger partial charge in [0.15, 0.2) is 23.3 Å². The zero-order valence-corrected chi connectivity index (χ0v) is 13.3. The predicted octanol–water partition coefficient (Wildman–Crippen LogP) is 4.25. The van der Waals surface area contributed by atoms with Crippen molar-refractivity contribution in [1.29, 1.82) is 0 Å². The van der Waals surface area contributed by atoms with Gasteiger partial charge in [-0.15, -0.1) is 11.8 Å². The first-order valence-electron chi connectivity index (χ1n) is 6.54. The van der Waals surface area contributed by atoms with E-state index in [1.54, 1.807) is 20.8 Å². The molecule has 0 radical (unpaired) electrons. The van der Waals surface area contributed by atoms with Crippen molar-refractivity contribution in [2.75, 3.05) is 12.3 Å². The first-order valence-corrected chi connectivity index (χ1v) is 7.53. The number of carbonyl (C=O) groups excluding carboxylic acids is 1. The van der Waals surface area contributed by atoms with Gasteiger partial charge < -0.3 is 10.1 Å². The average molecular weight is 339 g/mol. The van der Waals surface area contributed by atoms with Crippen LogP contribution in [0.3, 0.4) is 0 Å². The Balaban J connectivity index is 2.42. The second kappa shape index (κ2) is 7.71. The quantitative estimate of drug-likeness (QED) is 0.377. The highest BCUT2D eigenvalue weighted by Gasteiger charge is 2.19. The Hall–Kier alpha value is -1.44. The molecule has 0 aromatic heterocycles. The van der Waals surface area contributed by atoms with Gasteiger partial charge in [0.2, 0.25) is 0 Å². The first-order chi connectivity index (χ1) is 10.1. The second-order valence-electron chi connectivity index (χ2n) is 5.43. The number of nitrogens with one attached hydrogen (secondary N) is 1. The topological polar surface area (TPSA) is 38.3 Å². The fraction of sp³-hybridized carbons (Fsp3) is 0.500. The Kier molecular flexibility index (Phi) is 6.52. The van der Waals surface area contributed by atoms with Gasteiger partial charge in [0.25, 0.3) is 0 Å². The van der Waals surface area contributed by atoms with Crippen LogP contribution >= 0.6 is 11.8 Å². The third kappa shape index (κ3) is 5.75. The summed E-state index contributed by atoms with van der Waals surface area (Å²) >= 11 is 0.645. The van der Waals surface area contributed by atoms with E-state index < -0.39 is 39.9 Å². The molecule has 0 bridgehead atoms. The van der Waals surface area contributed by atoms with E-state index in [-0.39, 0.29) is 18.4 Å². The van der Waals surface area contributed by atoms with Crippen LogP contribution in [0.4, 0.5) is 22.4 Å². The van der Waals surface area contributed by atoms with E-state index in [9.17, 15) is 22.4 Å². The summed E-state index contributed by atoms with van der Waals surface area (Å²) in [5, 5.41) is 2.47. The van der Waals surface area contributed by atoms with Crippen LogP contribution in [-0.2, 0) is 4.74 Å². The molecule has 1 N–H and O–H groups in total. The molecule has 0 aliphatic heterocycles. The summed E-state index contributed by atoms with van der Waals surface area (Å²) in [6.45, 7) is 5.36. The first kappa shape index (κ1) is 18.6. The van der Waals surface area contributed by atoms with Crippen molar-refractivity contribution in [3.05, 3.63) is 29.3 Å². The van der Waals surface area contributed by atoms with E-state index in [0.717, 1.165) is 0 Å². The van der Waals surface area contributed by atoms with Gasteiger partial charge in [-0.05, 0) is 32.9 Å². The number of hydrogen-bond acceptors (Lipinski definition) is 3. The van der Waals surface area contributed by atoms with Gasteiger partial charge in [-0.25, -0.2) is 22.4 Å². The van der Waals surface area contributed by atoms with Gasteiger partial charge in [-0.2, -0.15) is 0 Å². The van der Waals surface area contributed by atoms with E-state index in [0.29, 0.717) is 18.2 Å². The number of alkyl carbamates (subject to hydrolysis) is 1. The highest BCUT2D eigenvalue weighted by Crippen LogP contribution is 2.29. The smallest absolute Gasteiger partial charge is 0.407 e. The molecule has 0 unspecified atom stereocenters. The second-order valence-corrected chi connectivity index (χ2v) is 6.53. The zero-order chi connectivity index (χ0) is 16.9. The van der Waals surface area contributed by atoms with Crippen LogP contribution in [0.1, 0.15) is 27.2 Å². The molecule has 0 aliphatic carbocycles. The molecule has 124 valence electrons. The summed E-state index contributed by atoms with van der Waals surface area (Å²) in [5.41, 5.74) is -0.621. The maximum atomic E-state index is 13.4. The van der Waals surface area contributed by atoms with Crippen LogP contribution in [0.2, 0.25) is 0 Å². The lowest BCUT2D eigenvalue weighted by Gasteiger charge is -2.19. The summed E-state index contributed by atoms with van der Waals surface area (Å²) in [7, 11) is 0. The molecule has 1 amide bonds. The number of carbonyl (C=O) groups is 1. The van der Waals surface area contributed by atoms with Gasteiger partial charge in [0.05, 0.1) is 4.90 Å². The summed E-state index contributed by atoms with van der Waals surface area (Å²) in [5.74, 6) is -5.53. The molecule has 8 heteroatoms. The molecule has 1 aromatic carbocycles. The minimum absolute atomic E-state index is 0.165. The Labute approximate surface area is 130 Å². The lowest BCUT2D eigenvalue weighted by molar-refractivity contribution is 0.0528. The third-order valence-electron chi connectivity index (χ3n) is 2.31. The van der Waals surface area contributed by atoms with E-state index in [1.165, 1.54) is 0 Å². The lowest BCUT2D eigenvalue weighted by Crippen LogP contribution is -2.33. The molecule has 3 nitrogen and oxygen atoms in total. The molecule has 1 aromatic rings. The SMILES string of the molecule is CC(C)(C)OC(=O)NCCCSc1c(F)c(F)cc(F)c1F. The largest absolute Gasteiger partial charge is 0.444 e.